The van der Waals surface area contributed by atoms with E-state index in [1.807, 2.05) is 24.5 Å². The molecule has 0 unspecified atom stereocenters. The van der Waals surface area contributed by atoms with E-state index in [0.717, 1.165) is 52.5 Å². The van der Waals surface area contributed by atoms with Crippen molar-refractivity contribution in [2.24, 2.45) is 0 Å². The number of carbonyl (C=O) groups is 4. The van der Waals surface area contributed by atoms with E-state index in [1.165, 1.54) is 11.0 Å². The van der Waals surface area contributed by atoms with Gasteiger partial charge in [0, 0.05) is 16.3 Å². The molecular formula is C28H27N3O5S. The summed E-state index contributed by atoms with van der Waals surface area (Å²) < 4.78 is 7.42. The molecular weight excluding hydrogens is 490 g/mol. The molecule has 37 heavy (non-hydrogen) atoms. The molecule has 1 aliphatic heterocycles. The van der Waals surface area contributed by atoms with Crippen LogP contribution in [-0.2, 0) is 27.2 Å². The number of imide groups is 2. The van der Waals surface area contributed by atoms with Crippen LogP contribution in [0.3, 0.4) is 0 Å². The van der Waals surface area contributed by atoms with Gasteiger partial charge in [0.2, 0.25) is 0 Å². The highest BCUT2D eigenvalue weighted by atomic mass is 32.1. The number of aromatic nitrogens is 1. The molecule has 3 heterocycles. The van der Waals surface area contributed by atoms with Crippen molar-refractivity contribution in [1.82, 2.24) is 9.88 Å². The third kappa shape index (κ3) is 4.29. The van der Waals surface area contributed by atoms with Crippen LogP contribution in [-0.4, -0.2) is 35.0 Å². The van der Waals surface area contributed by atoms with Crippen molar-refractivity contribution in [3.8, 4) is 5.00 Å². The average Bonchev–Trinajstić information content (AvgIpc) is 3.38. The van der Waals surface area contributed by atoms with Crippen LogP contribution in [0.15, 0.2) is 42.0 Å². The molecule has 4 amide bonds. The smallest absolute Gasteiger partial charge is 0.341 e. The van der Waals surface area contributed by atoms with Crippen molar-refractivity contribution in [3.63, 3.8) is 0 Å². The van der Waals surface area contributed by atoms with Gasteiger partial charge in [0.05, 0.1) is 17.9 Å². The third-order valence-corrected chi connectivity index (χ3v) is 8.00. The number of hydrogen-bond donors (Lipinski definition) is 1. The van der Waals surface area contributed by atoms with Gasteiger partial charge in [-0.15, -0.1) is 11.3 Å². The lowest BCUT2D eigenvalue weighted by molar-refractivity contribution is -0.122. The second-order valence-electron chi connectivity index (χ2n) is 9.07. The maximum Gasteiger partial charge on any atom is 0.341 e. The summed E-state index contributed by atoms with van der Waals surface area (Å²) in [6.07, 6.45) is 5.40. The van der Waals surface area contributed by atoms with Crippen LogP contribution in [0.25, 0.3) is 11.1 Å². The Hall–Kier alpha value is -3.98. The fourth-order valence-electron chi connectivity index (χ4n) is 4.99. The normalized spacial score (nSPS) is 16.7. The number of carbonyl (C=O) groups excluding carboxylic acids is 4. The molecule has 0 atom stereocenters. The first kappa shape index (κ1) is 24.7. The molecule has 1 saturated heterocycles. The van der Waals surface area contributed by atoms with Crippen LogP contribution in [0.1, 0.15) is 57.5 Å². The summed E-state index contributed by atoms with van der Waals surface area (Å²) >= 11 is 1.60. The van der Waals surface area contributed by atoms with Crippen LogP contribution in [0.2, 0.25) is 0 Å². The molecule has 2 aromatic heterocycles. The number of hydrogen-bond acceptors (Lipinski definition) is 6. The zero-order chi connectivity index (χ0) is 26.3. The molecule has 1 fully saturated rings. The summed E-state index contributed by atoms with van der Waals surface area (Å²) in [5, 5.41) is 3.06. The number of ether oxygens (including phenoxy) is 1. The molecule has 1 aliphatic carbocycles. The Kier molecular flexibility index (Phi) is 6.55. The molecule has 1 aromatic carbocycles. The van der Waals surface area contributed by atoms with Crippen LogP contribution >= 0.6 is 11.3 Å². The summed E-state index contributed by atoms with van der Waals surface area (Å²) in [5.74, 6) is -1.77. The Morgan fingerprint density at radius 2 is 1.84 bits per heavy atom. The fraction of sp³-hybridized carbons (Fsp3) is 0.286. The Morgan fingerprint density at radius 1 is 1.11 bits per heavy atom. The van der Waals surface area contributed by atoms with Crippen LogP contribution in [0, 0.1) is 13.8 Å². The minimum absolute atomic E-state index is 0.139. The summed E-state index contributed by atoms with van der Waals surface area (Å²) in [4.78, 5) is 53.7. The molecule has 3 aromatic rings. The molecule has 0 spiro atoms. The van der Waals surface area contributed by atoms with Crippen molar-refractivity contribution in [2.75, 3.05) is 11.5 Å². The van der Waals surface area contributed by atoms with Gasteiger partial charge in [-0.25, -0.2) is 14.5 Å². The largest absolute Gasteiger partial charge is 0.462 e. The summed E-state index contributed by atoms with van der Waals surface area (Å²) in [7, 11) is 0. The number of nitrogens with one attached hydrogen (secondary N) is 1. The van der Waals surface area contributed by atoms with E-state index in [1.54, 1.807) is 48.6 Å². The standard InChI is InChI=1S/C28H27N3O5S/c1-4-36-27(34)23-20-12-8-9-13-22(20)37-26(23)30-16(2)14-18(17(30)3)15-21-24(32)29-28(35)31(25(21)33)19-10-6-5-7-11-19/h5-7,10-11,14-15H,4,8-9,12-13H2,1-3H3,(H,29,32,35)/b21-15-. The molecule has 190 valence electrons. The first-order chi connectivity index (χ1) is 17.8. The molecule has 8 nitrogen and oxygen atoms in total. The summed E-state index contributed by atoms with van der Waals surface area (Å²) in [6.45, 7) is 5.89. The summed E-state index contributed by atoms with van der Waals surface area (Å²) in [6, 6.07) is 9.56. The number of benzene rings is 1. The van der Waals surface area contributed by atoms with Crippen LogP contribution in [0.4, 0.5) is 10.5 Å². The number of aryl methyl sites for hydroxylation is 2. The monoisotopic (exact) mass is 517 g/mol. The number of amides is 4. The Balaban J connectivity index is 1.59. The predicted octanol–water partition coefficient (Wildman–Crippen LogP) is 4.88. The topological polar surface area (TPSA) is 97.7 Å². The van der Waals surface area contributed by atoms with E-state index in [2.05, 4.69) is 5.32 Å². The van der Waals surface area contributed by atoms with E-state index in [-0.39, 0.29) is 18.1 Å². The van der Waals surface area contributed by atoms with Gasteiger partial charge < -0.3 is 9.30 Å². The van der Waals surface area contributed by atoms with Gasteiger partial charge in [-0.05, 0) is 81.9 Å². The molecule has 0 radical (unpaired) electrons. The van der Waals surface area contributed by atoms with Gasteiger partial charge in [0.1, 0.15) is 10.6 Å². The Labute approximate surface area is 218 Å². The Bertz CT molecular complexity index is 1460. The minimum Gasteiger partial charge on any atom is -0.462 e. The molecule has 5 rings (SSSR count). The minimum atomic E-state index is -0.785. The highest BCUT2D eigenvalue weighted by molar-refractivity contribution is 7.15. The molecule has 9 heteroatoms. The number of thiophene rings is 1. The van der Waals surface area contributed by atoms with E-state index in [9.17, 15) is 19.2 Å². The summed E-state index contributed by atoms with van der Waals surface area (Å²) in [5.41, 5.74) is 4.19. The quantitative estimate of drug-likeness (QED) is 0.296. The number of urea groups is 1. The second kappa shape index (κ2) is 9.82. The molecule has 2 aliphatic rings. The van der Waals surface area contributed by atoms with Crippen molar-refractivity contribution in [3.05, 3.63) is 74.9 Å². The maximum absolute atomic E-state index is 13.3. The number of barbiturate groups is 1. The van der Waals surface area contributed by atoms with Gasteiger partial charge in [0.15, 0.2) is 0 Å². The van der Waals surface area contributed by atoms with E-state index in [0.29, 0.717) is 16.8 Å². The SMILES string of the molecule is CCOC(=O)c1c(-n2c(C)cc(/C=C3/C(=O)NC(=O)N(c4ccccc4)C3=O)c2C)sc2c1CCCC2. The van der Waals surface area contributed by atoms with E-state index >= 15 is 0 Å². The van der Waals surface area contributed by atoms with Crippen molar-refractivity contribution < 1.29 is 23.9 Å². The number of para-hydroxylation sites is 1. The predicted molar refractivity (Wildman–Crippen MR) is 141 cm³/mol. The highest BCUT2D eigenvalue weighted by Crippen LogP contribution is 2.39. The third-order valence-electron chi connectivity index (χ3n) is 6.72. The van der Waals surface area contributed by atoms with Crippen LogP contribution in [0.5, 0.6) is 0 Å². The first-order valence-corrected chi connectivity index (χ1v) is 13.1. The molecule has 0 saturated carbocycles. The fourth-order valence-corrected chi connectivity index (χ4v) is 6.48. The van der Waals surface area contributed by atoms with E-state index < -0.39 is 17.8 Å². The number of fused-ring (bicyclic) bond motifs is 1. The van der Waals surface area contributed by atoms with Crippen LogP contribution < -0.4 is 10.2 Å². The molecule has 0 bridgehead atoms. The lowest BCUT2D eigenvalue weighted by Gasteiger charge is -2.26. The first-order valence-electron chi connectivity index (χ1n) is 12.3. The van der Waals surface area contributed by atoms with Crippen molar-refractivity contribution in [1.29, 1.82) is 0 Å². The number of nitrogens with zero attached hydrogens (tertiary/aromatic N) is 2. The van der Waals surface area contributed by atoms with Gasteiger partial charge in [-0.3, -0.25) is 14.9 Å². The Morgan fingerprint density at radius 3 is 2.57 bits per heavy atom. The number of anilines is 1. The number of esters is 1. The number of rotatable bonds is 5. The second-order valence-corrected chi connectivity index (χ2v) is 10.2. The average molecular weight is 518 g/mol. The van der Waals surface area contributed by atoms with Crippen molar-refractivity contribution in [2.45, 2.75) is 46.5 Å². The zero-order valence-corrected chi connectivity index (χ0v) is 21.7. The van der Waals surface area contributed by atoms with Gasteiger partial charge >= 0.3 is 12.0 Å². The molecule has 1 N–H and O–H groups in total. The zero-order valence-electron chi connectivity index (χ0n) is 20.9. The lowest BCUT2D eigenvalue weighted by atomic mass is 9.95. The maximum atomic E-state index is 13.3. The highest BCUT2D eigenvalue weighted by Gasteiger charge is 2.37. The van der Waals surface area contributed by atoms with Gasteiger partial charge in [-0.2, -0.15) is 0 Å². The van der Waals surface area contributed by atoms with E-state index in [4.69, 9.17) is 4.74 Å². The van der Waals surface area contributed by atoms with Crippen molar-refractivity contribution >= 4 is 46.9 Å². The lowest BCUT2D eigenvalue weighted by Crippen LogP contribution is -2.54. The van der Waals surface area contributed by atoms with Gasteiger partial charge in [-0.1, -0.05) is 18.2 Å². The van der Waals surface area contributed by atoms with Gasteiger partial charge in [0.25, 0.3) is 11.8 Å².